The van der Waals surface area contributed by atoms with Crippen molar-refractivity contribution in [2.24, 2.45) is 0 Å². The van der Waals surface area contributed by atoms with E-state index in [1.807, 2.05) is 47.8 Å². The van der Waals surface area contributed by atoms with Crippen LogP contribution < -0.4 is 5.32 Å². The van der Waals surface area contributed by atoms with Crippen LogP contribution in [0.1, 0.15) is 6.92 Å². The van der Waals surface area contributed by atoms with Crippen LogP contribution in [-0.2, 0) is 4.79 Å². The Morgan fingerprint density at radius 3 is 2.54 bits per heavy atom. The quantitative estimate of drug-likeness (QED) is 0.601. The number of nitrogens with one attached hydrogen (secondary N) is 1. The molecule has 1 N–H and O–H groups in total. The minimum atomic E-state index is -0.192. The van der Waals surface area contributed by atoms with Gasteiger partial charge in [0.05, 0.1) is 11.1 Å². The van der Waals surface area contributed by atoms with E-state index in [-0.39, 0.29) is 5.91 Å². The highest BCUT2D eigenvalue weighted by molar-refractivity contribution is 7.13. The minimum Gasteiger partial charge on any atom is -0.311 e. The SMILES string of the molecule is CC(=O)Nc1ccnn1-c1nc(-c2ccccc2)nc(-c2cccs2)n1. The second-order valence-corrected chi connectivity index (χ2v) is 6.38. The molecule has 4 rings (SSSR count). The Morgan fingerprint density at radius 1 is 1.00 bits per heavy atom. The van der Waals surface area contributed by atoms with E-state index in [4.69, 9.17) is 0 Å². The zero-order chi connectivity index (χ0) is 17.9. The summed E-state index contributed by atoms with van der Waals surface area (Å²) in [4.78, 5) is 26.1. The van der Waals surface area contributed by atoms with Gasteiger partial charge in [0.15, 0.2) is 11.6 Å². The highest BCUT2D eigenvalue weighted by Crippen LogP contribution is 2.25. The molecule has 26 heavy (non-hydrogen) atoms. The number of hydrogen-bond donors (Lipinski definition) is 1. The number of carbonyl (C=O) groups excluding carboxylic acids is 1. The molecule has 7 nitrogen and oxygen atoms in total. The first-order valence-electron chi connectivity index (χ1n) is 7.88. The van der Waals surface area contributed by atoms with E-state index in [0.29, 0.717) is 23.4 Å². The van der Waals surface area contributed by atoms with Crippen molar-refractivity contribution in [3.05, 3.63) is 60.1 Å². The fraction of sp³-hybridized carbons (Fsp3) is 0.0556. The van der Waals surface area contributed by atoms with Crippen molar-refractivity contribution in [1.29, 1.82) is 0 Å². The first kappa shape index (κ1) is 16.1. The number of amides is 1. The predicted octanol–water partition coefficient (Wildman–Crippen LogP) is 3.41. The van der Waals surface area contributed by atoms with Crippen LogP contribution >= 0.6 is 11.3 Å². The molecule has 0 unspecified atom stereocenters. The molecule has 0 aliphatic carbocycles. The zero-order valence-electron chi connectivity index (χ0n) is 13.8. The molecule has 3 aromatic heterocycles. The fourth-order valence-electron chi connectivity index (χ4n) is 2.43. The number of nitrogens with zero attached hydrogens (tertiary/aromatic N) is 5. The van der Waals surface area contributed by atoms with Crippen molar-refractivity contribution in [3.8, 4) is 28.0 Å². The first-order chi connectivity index (χ1) is 12.7. The van der Waals surface area contributed by atoms with E-state index in [9.17, 15) is 4.79 Å². The Morgan fingerprint density at radius 2 is 1.81 bits per heavy atom. The summed E-state index contributed by atoms with van der Waals surface area (Å²) in [5.41, 5.74) is 0.877. The third kappa shape index (κ3) is 3.22. The van der Waals surface area contributed by atoms with Crippen LogP contribution in [0.3, 0.4) is 0 Å². The summed E-state index contributed by atoms with van der Waals surface area (Å²) in [6.45, 7) is 1.44. The zero-order valence-corrected chi connectivity index (χ0v) is 14.6. The van der Waals surface area contributed by atoms with Gasteiger partial charge in [0.2, 0.25) is 5.91 Å². The third-order valence-electron chi connectivity index (χ3n) is 3.53. The van der Waals surface area contributed by atoms with Crippen molar-refractivity contribution in [2.45, 2.75) is 6.92 Å². The number of benzene rings is 1. The molecule has 0 saturated carbocycles. The van der Waals surface area contributed by atoms with E-state index in [1.54, 1.807) is 23.6 Å². The van der Waals surface area contributed by atoms with Gasteiger partial charge in [-0.05, 0) is 11.4 Å². The monoisotopic (exact) mass is 362 g/mol. The predicted molar refractivity (Wildman–Crippen MR) is 100 cm³/mol. The van der Waals surface area contributed by atoms with Gasteiger partial charge in [-0.3, -0.25) is 4.79 Å². The van der Waals surface area contributed by atoms with Gasteiger partial charge in [-0.1, -0.05) is 36.4 Å². The smallest absolute Gasteiger partial charge is 0.256 e. The van der Waals surface area contributed by atoms with Gasteiger partial charge >= 0.3 is 0 Å². The minimum absolute atomic E-state index is 0.192. The van der Waals surface area contributed by atoms with Crippen molar-refractivity contribution in [3.63, 3.8) is 0 Å². The highest BCUT2D eigenvalue weighted by Gasteiger charge is 2.15. The summed E-state index contributed by atoms with van der Waals surface area (Å²) >= 11 is 1.55. The van der Waals surface area contributed by atoms with Crippen LogP contribution in [0, 0.1) is 0 Å². The van der Waals surface area contributed by atoms with E-state index in [2.05, 4.69) is 25.4 Å². The molecule has 1 aromatic carbocycles. The van der Waals surface area contributed by atoms with Gasteiger partial charge in [-0.15, -0.1) is 11.3 Å². The average molecular weight is 362 g/mol. The Kier molecular flexibility index (Phi) is 4.24. The van der Waals surface area contributed by atoms with Crippen molar-refractivity contribution in [1.82, 2.24) is 24.7 Å². The maximum absolute atomic E-state index is 11.4. The van der Waals surface area contributed by atoms with Crippen molar-refractivity contribution < 1.29 is 4.79 Å². The summed E-state index contributed by atoms with van der Waals surface area (Å²) in [5.74, 6) is 1.76. The topological polar surface area (TPSA) is 85.6 Å². The highest BCUT2D eigenvalue weighted by atomic mass is 32.1. The normalized spacial score (nSPS) is 10.7. The molecule has 0 bridgehead atoms. The van der Waals surface area contributed by atoms with E-state index < -0.39 is 0 Å². The van der Waals surface area contributed by atoms with Gasteiger partial charge < -0.3 is 5.32 Å². The molecular formula is C18H14N6OS. The van der Waals surface area contributed by atoms with Crippen LogP contribution in [0.25, 0.3) is 28.0 Å². The number of thiophene rings is 1. The summed E-state index contributed by atoms with van der Waals surface area (Å²) in [6, 6.07) is 15.3. The summed E-state index contributed by atoms with van der Waals surface area (Å²) in [7, 11) is 0. The maximum Gasteiger partial charge on any atom is 0.256 e. The number of anilines is 1. The van der Waals surface area contributed by atoms with Crippen LogP contribution in [0.2, 0.25) is 0 Å². The van der Waals surface area contributed by atoms with Gasteiger partial charge in [0.1, 0.15) is 5.82 Å². The molecule has 0 radical (unpaired) electrons. The molecule has 0 saturated heterocycles. The van der Waals surface area contributed by atoms with Crippen LogP contribution in [0.5, 0.6) is 0 Å². The second-order valence-electron chi connectivity index (χ2n) is 5.44. The molecule has 0 spiro atoms. The van der Waals surface area contributed by atoms with Gasteiger partial charge in [0, 0.05) is 18.6 Å². The lowest BCUT2D eigenvalue weighted by molar-refractivity contribution is -0.114. The molecule has 0 aliphatic rings. The Hall–Kier alpha value is -3.39. The molecule has 0 aliphatic heterocycles. The third-order valence-corrected chi connectivity index (χ3v) is 4.40. The number of hydrogen-bond acceptors (Lipinski definition) is 6. The lowest BCUT2D eigenvalue weighted by Gasteiger charge is -2.09. The standard InChI is InChI=1S/C18H14N6OS/c1-12(25)20-15-9-10-19-24(15)18-22-16(13-6-3-2-4-7-13)21-17(23-18)14-8-5-11-26-14/h2-11H,1H3,(H,20,25). The molecule has 128 valence electrons. The molecule has 0 fully saturated rings. The molecule has 8 heteroatoms. The fourth-order valence-corrected chi connectivity index (χ4v) is 3.09. The van der Waals surface area contributed by atoms with Crippen LogP contribution in [0.4, 0.5) is 5.82 Å². The average Bonchev–Trinajstić information content (AvgIpc) is 3.33. The van der Waals surface area contributed by atoms with Crippen molar-refractivity contribution >= 4 is 23.1 Å². The summed E-state index contributed by atoms with van der Waals surface area (Å²) in [5, 5.41) is 8.95. The van der Waals surface area contributed by atoms with Gasteiger partial charge in [-0.2, -0.15) is 19.7 Å². The maximum atomic E-state index is 11.4. The Bertz CT molecular complexity index is 1040. The van der Waals surface area contributed by atoms with Crippen LogP contribution in [0.15, 0.2) is 60.1 Å². The lowest BCUT2D eigenvalue weighted by Crippen LogP contribution is -2.14. The van der Waals surface area contributed by atoms with E-state index in [1.165, 1.54) is 11.6 Å². The Labute approximate surface area is 153 Å². The second kappa shape index (κ2) is 6.85. The summed E-state index contributed by atoms with van der Waals surface area (Å²) < 4.78 is 1.49. The van der Waals surface area contributed by atoms with Gasteiger partial charge in [0.25, 0.3) is 5.95 Å². The Balaban J connectivity index is 1.88. The molecule has 0 atom stereocenters. The molecule has 4 aromatic rings. The first-order valence-corrected chi connectivity index (χ1v) is 8.76. The van der Waals surface area contributed by atoms with E-state index >= 15 is 0 Å². The van der Waals surface area contributed by atoms with E-state index in [0.717, 1.165) is 10.4 Å². The van der Waals surface area contributed by atoms with Crippen molar-refractivity contribution in [2.75, 3.05) is 5.32 Å². The number of rotatable bonds is 4. The van der Waals surface area contributed by atoms with Gasteiger partial charge in [-0.25, -0.2) is 4.98 Å². The van der Waals surface area contributed by atoms with Crippen LogP contribution in [-0.4, -0.2) is 30.6 Å². The number of carbonyl (C=O) groups is 1. The molecular weight excluding hydrogens is 348 g/mol. The summed E-state index contributed by atoms with van der Waals surface area (Å²) in [6.07, 6.45) is 1.59. The number of aromatic nitrogens is 5. The molecule has 3 heterocycles. The molecule has 1 amide bonds. The lowest BCUT2D eigenvalue weighted by atomic mass is 10.2. The largest absolute Gasteiger partial charge is 0.311 e.